The zero-order valence-corrected chi connectivity index (χ0v) is 13.5. The number of hydrogen-bond acceptors (Lipinski definition) is 3. The van der Waals surface area contributed by atoms with E-state index in [1.54, 1.807) is 0 Å². The fourth-order valence-corrected chi connectivity index (χ4v) is 4.55. The van der Waals surface area contributed by atoms with E-state index in [1.807, 2.05) is 0 Å². The number of likely N-dealkylation sites (tertiary alicyclic amines) is 1. The first-order chi connectivity index (χ1) is 11.0. The number of amides is 1. The monoisotopic (exact) mass is 328 g/mol. The summed E-state index contributed by atoms with van der Waals surface area (Å²) in [6, 6.07) is 0.769. The average molecular weight is 328 g/mol. The van der Waals surface area contributed by atoms with Gasteiger partial charge in [-0.2, -0.15) is 0 Å². The van der Waals surface area contributed by atoms with Gasteiger partial charge in [0.05, 0.1) is 5.60 Å². The number of hydrogen-bond donors (Lipinski definition) is 1. The summed E-state index contributed by atoms with van der Waals surface area (Å²) in [5.74, 6) is -2.82. The van der Waals surface area contributed by atoms with Gasteiger partial charge in [-0.1, -0.05) is 6.42 Å². The van der Waals surface area contributed by atoms with Crippen LogP contribution in [-0.2, 0) is 9.53 Å². The molecule has 4 rings (SSSR count). The van der Waals surface area contributed by atoms with E-state index in [1.165, 1.54) is 19.3 Å². The van der Waals surface area contributed by atoms with Crippen LogP contribution in [0.1, 0.15) is 44.9 Å². The molecule has 4 aliphatic rings. The number of rotatable bonds is 5. The molecule has 23 heavy (non-hydrogen) atoms. The van der Waals surface area contributed by atoms with E-state index in [0.717, 1.165) is 38.6 Å². The van der Waals surface area contributed by atoms with Crippen molar-refractivity contribution in [3.05, 3.63) is 0 Å². The van der Waals surface area contributed by atoms with Gasteiger partial charge < -0.3 is 10.1 Å². The van der Waals surface area contributed by atoms with Gasteiger partial charge in [0.15, 0.2) is 0 Å². The van der Waals surface area contributed by atoms with Crippen LogP contribution < -0.4 is 5.32 Å². The van der Waals surface area contributed by atoms with E-state index in [9.17, 15) is 13.6 Å². The first-order valence-electron chi connectivity index (χ1n) is 9.01. The van der Waals surface area contributed by atoms with Crippen molar-refractivity contribution in [2.45, 2.75) is 62.5 Å². The molecule has 1 unspecified atom stereocenters. The van der Waals surface area contributed by atoms with Gasteiger partial charge in [-0.3, -0.25) is 9.69 Å². The van der Waals surface area contributed by atoms with Gasteiger partial charge in [-0.15, -0.1) is 0 Å². The fraction of sp³-hybridized carbons (Fsp3) is 0.941. The topological polar surface area (TPSA) is 41.6 Å². The van der Waals surface area contributed by atoms with Gasteiger partial charge in [0.2, 0.25) is 11.8 Å². The van der Waals surface area contributed by atoms with Gasteiger partial charge in [0, 0.05) is 51.0 Å². The highest BCUT2D eigenvalue weighted by molar-refractivity contribution is 5.79. The molecule has 0 aromatic rings. The van der Waals surface area contributed by atoms with E-state index in [2.05, 4.69) is 10.2 Å². The van der Waals surface area contributed by atoms with Gasteiger partial charge >= 0.3 is 0 Å². The molecule has 2 aliphatic heterocycles. The lowest BCUT2D eigenvalue weighted by atomic mass is 9.76. The molecule has 6 heteroatoms. The normalized spacial score (nSPS) is 33.0. The van der Waals surface area contributed by atoms with Gasteiger partial charge in [-0.05, 0) is 31.6 Å². The predicted molar refractivity (Wildman–Crippen MR) is 81.3 cm³/mol. The first-order valence-corrected chi connectivity index (χ1v) is 9.01. The van der Waals surface area contributed by atoms with Crippen molar-refractivity contribution in [3.8, 4) is 0 Å². The Hall–Kier alpha value is -0.750. The van der Waals surface area contributed by atoms with Crippen LogP contribution in [0.4, 0.5) is 8.78 Å². The second kappa shape index (κ2) is 5.66. The van der Waals surface area contributed by atoms with Crippen molar-refractivity contribution < 1.29 is 18.3 Å². The molecule has 4 fully saturated rings. The van der Waals surface area contributed by atoms with Crippen LogP contribution in [-0.4, -0.2) is 54.6 Å². The average Bonchev–Trinajstić information content (AvgIpc) is 2.77. The maximum Gasteiger partial charge on any atom is 0.249 e. The molecule has 0 aromatic carbocycles. The third-order valence-electron chi connectivity index (χ3n) is 6.39. The molecule has 1 amide bonds. The summed E-state index contributed by atoms with van der Waals surface area (Å²) in [7, 11) is 0. The quantitative estimate of drug-likeness (QED) is 0.841. The molecule has 1 atom stereocenters. The summed E-state index contributed by atoms with van der Waals surface area (Å²) in [5.41, 5.74) is 0.00379. The Balaban J connectivity index is 1.19. The SMILES string of the molecule is O=C(NCCC1CCOC12CN(C1CCC1)C2)C1CC(F)(F)C1. The maximum absolute atomic E-state index is 12.8. The number of nitrogens with one attached hydrogen (secondary N) is 1. The maximum atomic E-state index is 12.8. The Morgan fingerprint density at radius 1 is 1.22 bits per heavy atom. The van der Waals surface area contributed by atoms with Crippen LogP contribution in [0.15, 0.2) is 0 Å². The van der Waals surface area contributed by atoms with E-state index in [4.69, 9.17) is 4.74 Å². The Morgan fingerprint density at radius 3 is 2.57 bits per heavy atom. The van der Waals surface area contributed by atoms with Crippen molar-refractivity contribution in [3.63, 3.8) is 0 Å². The second-order valence-electron chi connectivity index (χ2n) is 7.93. The second-order valence-corrected chi connectivity index (χ2v) is 7.93. The van der Waals surface area contributed by atoms with Crippen LogP contribution >= 0.6 is 0 Å². The molecule has 130 valence electrons. The van der Waals surface area contributed by atoms with E-state index < -0.39 is 11.8 Å². The highest BCUT2D eigenvalue weighted by Gasteiger charge is 2.54. The molecule has 2 saturated heterocycles. The highest BCUT2D eigenvalue weighted by Crippen LogP contribution is 2.45. The minimum absolute atomic E-state index is 0.00379. The zero-order valence-electron chi connectivity index (χ0n) is 13.5. The first kappa shape index (κ1) is 15.8. The molecule has 0 bridgehead atoms. The fourth-order valence-electron chi connectivity index (χ4n) is 4.55. The number of nitrogens with zero attached hydrogens (tertiary/aromatic N) is 1. The van der Waals surface area contributed by atoms with Crippen molar-refractivity contribution in [2.24, 2.45) is 11.8 Å². The van der Waals surface area contributed by atoms with Crippen LogP contribution in [0.2, 0.25) is 0 Å². The largest absolute Gasteiger partial charge is 0.372 e. The minimum Gasteiger partial charge on any atom is -0.372 e. The van der Waals surface area contributed by atoms with Crippen molar-refractivity contribution in [2.75, 3.05) is 26.2 Å². The third kappa shape index (κ3) is 2.88. The molecule has 0 aromatic heterocycles. The summed E-state index contributed by atoms with van der Waals surface area (Å²) >= 11 is 0. The Kier molecular flexibility index (Phi) is 3.88. The summed E-state index contributed by atoms with van der Waals surface area (Å²) in [6.45, 7) is 3.46. The highest BCUT2D eigenvalue weighted by atomic mass is 19.3. The number of alkyl halides is 2. The zero-order chi connectivity index (χ0) is 16.1. The van der Waals surface area contributed by atoms with Gasteiger partial charge in [-0.25, -0.2) is 8.78 Å². The lowest BCUT2D eigenvalue weighted by molar-refractivity contribution is -0.157. The lowest BCUT2D eigenvalue weighted by Crippen LogP contribution is -2.68. The van der Waals surface area contributed by atoms with Crippen LogP contribution in [0.3, 0.4) is 0 Å². The van der Waals surface area contributed by atoms with Gasteiger partial charge in [0.1, 0.15) is 0 Å². The number of ether oxygens (including phenoxy) is 1. The lowest BCUT2D eigenvalue weighted by Gasteiger charge is -2.55. The molecular weight excluding hydrogens is 302 g/mol. The Labute approximate surface area is 135 Å². The van der Waals surface area contributed by atoms with Crippen molar-refractivity contribution in [1.29, 1.82) is 0 Å². The molecule has 2 heterocycles. The Morgan fingerprint density at radius 2 is 1.96 bits per heavy atom. The molecule has 2 saturated carbocycles. The van der Waals surface area contributed by atoms with E-state index in [0.29, 0.717) is 12.5 Å². The van der Waals surface area contributed by atoms with Crippen molar-refractivity contribution in [1.82, 2.24) is 10.2 Å². The van der Waals surface area contributed by atoms with Crippen LogP contribution in [0.25, 0.3) is 0 Å². The van der Waals surface area contributed by atoms with Gasteiger partial charge in [0.25, 0.3) is 0 Å². The van der Waals surface area contributed by atoms with Crippen molar-refractivity contribution >= 4 is 5.91 Å². The van der Waals surface area contributed by atoms with Crippen LogP contribution in [0, 0.1) is 11.8 Å². The third-order valence-corrected chi connectivity index (χ3v) is 6.39. The van der Waals surface area contributed by atoms with E-state index >= 15 is 0 Å². The van der Waals surface area contributed by atoms with E-state index in [-0.39, 0.29) is 24.3 Å². The molecule has 1 spiro atoms. The minimum atomic E-state index is -2.62. The van der Waals surface area contributed by atoms with Crippen LogP contribution in [0.5, 0.6) is 0 Å². The predicted octanol–water partition coefficient (Wildman–Crippen LogP) is 2.18. The molecule has 4 nitrogen and oxygen atoms in total. The standard InChI is InChI=1S/C17H26F2N2O2/c18-17(19)8-12(9-17)15(22)20-6-4-13-5-7-23-16(13)10-21(11-16)14-2-1-3-14/h12-14H,1-11H2,(H,20,22). The summed E-state index contributed by atoms with van der Waals surface area (Å²) in [4.78, 5) is 14.4. The molecular formula is C17H26F2N2O2. The summed E-state index contributed by atoms with van der Waals surface area (Å²) in [6.07, 6.45) is 5.37. The summed E-state index contributed by atoms with van der Waals surface area (Å²) in [5, 5.41) is 2.85. The Bertz CT molecular complexity index is 467. The smallest absolute Gasteiger partial charge is 0.249 e. The number of carbonyl (C=O) groups is 1. The molecule has 1 N–H and O–H groups in total. The molecule has 0 radical (unpaired) electrons. The number of halogens is 2. The summed E-state index contributed by atoms with van der Waals surface area (Å²) < 4.78 is 31.7. The number of carbonyl (C=O) groups excluding carboxylic acids is 1. The molecule has 2 aliphatic carbocycles.